The number of nitrogen functional groups attached to an aromatic ring is 1. The molecule has 0 aliphatic heterocycles. The molecule has 0 fully saturated rings. The van der Waals surface area contributed by atoms with Crippen molar-refractivity contribution >= 4 is 17.0 Å². The maximum Gasteiger partial charge on any atom is 0.389 e. The molecule has 1 heterocycles. The Labute approximate surface area is 111 Å². The van der Waals surface area contributed by atoms with Gasteiger partial charge in [0.15, 0.2) is 5.82 Å². The number of unbranched alkanes of at least 4 members (excludes halogenated alkanes) is 1. The van der Waals surface area contributed by atoms with Crippen LogP contribution in [0.1, 0.15) is 19.3 Å². The predicted molar refractivity (Wildman–Crippen MR) is 64.0 cm³/mol. The monoisotopic (exact) mass is 293 g/mol. The molecular weight excluding hydrogens is 281 g/mol. The lowest BCUT2D eigenvalue weighted by atomic mass is 10.2. The molecule has 0 saturated carbocycles. The van der Waals surface area contributed by atoms with Crippen molar-refractivity contribution in [1.82, 2.24) is 9.55 Å². The van der Waals surface area contributed by atoms with Crippen molar-refractivity contribution in [2.24, 2.45) is 0 Å². The van der Waals surface area contributed by atoms with Gasteiger partial charge in [0.2, 0.25) is 5.95 Å². The third-order valence-corrected chi connectivity index (χ3v) is 2.89. The molecule has 2 rings (SSSR count). The highest BCUT2D eigenvalue weighted by Gasteiger charge is 2.26. The molecule has 8 heteroatoms. The first-order valence-electron chi connectivity index (χ1n) is 5.95. The van der Waals surface area contributed by atoms with Crippen molar-refractivity contribution in [2.75, 3.05) is 5.73 Å². The average Bonchev–Trinajstić information content (AvgIpc) is 2.61. The second-order valence-corrected chi connectivity index (χ2v) is 4.45. The summed E-state index contributed by atoms with van der Waals surface area (Å²) in [6.45, 7) is 0.126. The second-order valence-electron chi connectivity index (χ2n) is 4.45. The zero-order valence-electron chi connectivity index (χ0n) is 10.3. The first-order valence-corrected chi connectivity index (χ1v) is 5.95. The Hall–Kier alpha value is -1.86. The van der Waals surface area contributed by atoms with Crippen LogP contribution in [0.25, 0.3) is 11.0 Å². The van der Waals surface area contributed by atoms with Gasteiger partial charge >= 0.3 is 6.18 Å². The molecule has 2 N–H and O–H groups in total. The van der Waals surface area contributed by atoms with E-state index < -0.39 is 24.2 Å². The van der Waals surface area contributed by atoms with Gasteiger partial charge in [-0.1, -0.05) is 0 Å². The summed E-state index contributed by atoms with van der Waals surface area (Å²) in [6.07, 6.45) is -5.00. The van der Waals surface area contributed by atoms with Crippen LogP contribution in [0, 0.1) is 11.6 Å². The molecule has 0 atom stereocenters. The van der Waals surface area contributed by atoms with Crippen LogP contribution in [-0.4, -0.2) is 15.7 Å². The van der Waals surface area contributed by atoms with Crippen molar-refractivity contribution in [3.8, 4) is 0 Å². The SMILES string of the molecule is Nc1nc2c(F)cc(F)cc2n1CCCCC(F)(F)F. The molecule has 0 amide bonds. The number of fused-ring (bicyclic) bond motifs is 1. The normalized spacial score (nSPS) is 12.2. The molecule has 110 valence electrons. The van der Waals surface area contributed by atoms with E-state index in [0.29, 0.717) is 6.07 Å². The summed E-state index contributed by atoms with van der Waals surface area (Å²) in [5.41, 5.74) is 5.64. The molecule has 3 nitrogen and oxygen atoms in total. The van der Waals surface area contributed by atoms with Gasteiger partial charge in [0.25, 0.3) is 0 Å². The van der Waals surface area contributed by atoms with Gasteiger partial charge in [-0.15, -0.1) is 0 Å². The first-order chi connectivity index (χ1) is 9.28. The zero-order chi connectivity index (χ0) is 14.9. The summed E-state index contributed by atoms with van der Waals surface area (Å²) in [5.74, 6) is -1.68. The van der Waals surface area contributed by atoms with Gasteiger partial charge in [-0.25, -0.2) is 13.8 Å². The molecular formula is C12H12F5N3. The molecule has 0 spiro atoms. The number of aromatic nitrogens is 2. The molecule has 1 aromatic carbocycles. The van der Waals surface area contributed by atoms with E-state index in [1.165, 1.54) is 4.57 Å². The average molecular weight is 293 g/mol. The third-order valence-electron chi connectivity index (χ3n) is 2.89. The fraction of sp³-hybridized carbons (Fsp3) is 0.417. The molecule has 0 saturated heterocycles. The van der Waals surface area contributed by atoms with Crippen LogP contribution in [-0.2, 0) is 6.54 Å². The second kappa shape index (κ2) is 5.26. The number of halogens is 5. The van der Waals surface area contributed by atoms with Crippen molar-refractivity contribution in [2.45, 2.75) is 32.0 Å². The molecule has 20 heavy (non-hydrogen) atoms. The van der Waals surface area contributed by atoms with E-state index in [0.717, 1.165) is 6.07 Å². The zero-order valence-corrected chi connectivity index (χ0v) is 10.3. The fourth-order valence-electron chi connectivity index (χ4n) is 2.00. The van der Waals surface area contributed by atoms with E-state index >= 15 is 0 Å². The minimum atomic E-state index is -4.21. The summed E-state index contributed by atoms with van der Waals surface area (Å²) in [5, 5.41) is 0. The van der Waals surface area contributed by atoms with Crippen LogP contribution in [0.5, 0.6) is 0 Å². The Balaban J connectivity index is 2.16. The predicted octanol–water partition coefficient (Wildman–Crippen LogP) is 3.63. The quantitative estimate of drug-likeness (QED) is 0.691. The highest BCUT2D eigenvalue weighted by Crippen LogP contribution is 2.25. The van der Waals surface area contributed by atoms with E-state index in [1.54, 1.807) is 0 Å². The number of hydrogen-bond donors (Lipinski definition) is 1. The molecule has 0 bridgehead atoms. The van der Waals surface area contributed by atoms with Crippen molar-refractivity contribution < 1.29 is 22.0 Å². The standard InChI is InChI=1S/C12H12F5N3/c13-7-5-8(14)10-9(6-7)20(11(18)19-10)4-2-1-3-12(15,16)17/h5-6H,1-4H2,(H2,18,19). The number of alkyl halides is 3. The summed E-state index contributed by atoms with van der Waals surface area (Å²) >= 11 is 0. The number of nitrogens with two attached hydrogens (primary N) is 1. The lowest BCUT2D eigenvalue weighted by molar-refractivity contribution is -0.135. The maximum absolute atomic E-state index is 13.5. The van der Waals surface area contributed by atoms with Gasteiger partial charge in [-0.05, 0) is 12.8 Å². The van der Waals surface area contributed by atoms with Crippen molar-refractivity contribution in [1.29, 1.82) is 0 Å². The number of rotatable bonds is 4. The highest BCUT2D eigenvalue weighted by molar-refractivity contribution is 5.79. The van der Waals surface area contributed by atoms with Crippen LogP contribution in [0.15, 0.2) is 12.1 Å². The number of nitrogens with zero attached hydrogens (tertiary/aromatic N) is 2. The number of anilines is 1. The van der Waals surface area contributed by atoms with Gasteiger partial charge in [0, 0.05) is 25.1 Å². The molecule has 0 aliphatic rings. The summed E-state index contributed by atoms with van der Waals surface area (Å²) < 4.78 is 64.0. The summed E-state index contributed by atoms with van der Waals surface area (Å²) in [4.78, 5) is 3.76. The largest absolute Gasteiger partial charge is 0.389 e. The number of hydrogen-bond acceptors (Lipinski definition) is 2. The number of imidazole rings is 1. The molecule has 0 unspecified atom stereocenters. The first kappa shape index (κ1) is 14.5. The van der Waals surface area contributed by atoms with E-state index in [-0.39, 0.29) is 36.4 Å². The Morgan fingerprint density at radius 1 is 1.15 bits per heavy atom. The third kappa shape index (κ3) is 3.17. The Kier molecular flexibility index (Phi) is 3.82. The van der Waals surface area contributed by atoms with Gasteiger partial charge in [-0.2, -0.15) is 13.2 Å². The molecule has 0 radical (unpaired) electrons. The lowest BCUT2D eigenvalue weighted by Crippen LogP contribution is -2.08. The van der Waals surface area contributed by atoms with E-state index in [4.69, 9.17) is 5.73 Å². The van der Waals surface area contributed by atoms with Gasteiger partial charge in [0.05, 0.1) is 5.52 Å². The Morgan fingerprint density at radius 2 is 1.85 bits per heavy atom. The van der Waals surface area contributed by atoms with Gasteiger partial charge in [0.1, 0.15) is 11.3 Å². The Morgan fingerprint density at radius 3 is 2.50 bits per heavy atom. The van der Waals surface area contributed by atoms with Crippen LogP contribution in [0.4, 0.5) is 27.9 Å². The van der Waals surface area contributed by atoms with Gasteiger partial charge in [-0.3, -0.25) is 0 Å². The van der Waals surface area contributed by atoms with E-state index in [2.05, 4.69) is 4.98 Å². The minimum Gasteiger partial charge on any atom is -0.369 e. The van der Waals surface area contributed by atoms with Crippen LogP contribution >= 0.6 is 0 Å². The molecule has 1 aromatic heterocycles. The Bertz CT molecular complexity index is 618. The number of benzene rings is 1. The number of aryl methyl sites for hydroxylation is 1. The topological polar surface area (TPSA) is 43.8 Å². The summed E-state index contributed by atoms with van der Waals surface area (Å²) in [7, 11) is 0. The molecule has 0 aliphatic carbocycles. The van der Waals surface area contributed by atoms with Crippen LogP contribution in [0.2, 0.25) is 0 Å². The highest BCUT2D eigenvalue weighted by atomic mass is 19.4. The van der Waals surface area contributed by atoms with Crippen LogP contribution < -0.4 is 5.73 Å². The summed E-state index contributed by atoms with van der Waals surface area (Å²) in [6, 6.07) is 1.74. The van der Waals surface area contributed by atoms with Crippen molar-refractivity contribution in [3.63, 3.8) is 0 Å². The maximum atomic E-state index is 13.5. The lowest BCUT2D eigenvalue weighted by Gasteiger charge is -2.08. The van der Waals surface area contributed by atoms with E-state index in [9.17, 15) is 22.0 Å². The molecule has 2 aromatic rings. The van der Waals surface area contributed by atoms with Gasteiger partial charge < -0.3 is 10.3 Å². The fourth-order valence-corrected chi connectivity index (χ4v) is 2.00. The van der Waals surface area contributed by atoms with Crippen molar-refractivity contribution in [3.05, 3.63) is 23.8 Å². The smallest absolute Gasteiger partial charge is 0.369 e. The van der Waals surface area contributed by atoms with Crippen LogP contribution in [0.3, 0.4) is 0 Å². The van der Waals surface area contributed by atoms with E-state index in [1.807, 2.05) is 0 Å². The minimum absolute atomic E-state index is 0.0449.